The fourth-order valence-corrected chi connectivity index (χ4v) is 3.65. The summed E-state index contributed by atoms with van der Waals surface area (Å²) in [5.41, 5.74) is 3.51. The molecule has 2 aromatic carbocycles. The van der Waals surface area contributed by atoms with Crippen LogP contribution >= 0.6 is 0 Å². The lowest BCUT2D eigenvalue weighted by Gasteiger charge is -2.18. The van der Waals surface area contributed by atoms with Crippen LogP contribution in [-0.4, -0.2) is 44.8 Å². The second kappa shape index (κ2) is 8.97. The van der Waals surface area contributed by atoms with Gasteiger partial charge in [0.2, 0.25) is 0 Å². The molecule has 0 radical (unpaired) electrons. The number of rotatable bonds is 8. The van der Waals surface area contributed by atoms with Crippen LogP contribution in [0.2, 0.25) is 0 Å². The Hall–Kier alpha value is -3.38. The zero-order chi connectivity index (χ0) is 20.9. The van der Waals surface area contributed by atoms with Crippen molar-refractivity contribution in [2.45, 2.75) is 20.4 Å². The topological polar surface area (TPSA) is 55.1 Å². The van der Waals surface area contributed by atoms with Crippen molar-refractivity contribution in [3.05, 3.63) is 78.8 Å². The highest BCUT2D eigenvalue weighted by molar-refractivity contribution is 6.05. The maximum Gasteiger partial charge on any atom is 0.255 e. The SMILES string of the molecule is CCN(CC)CCn1ccc2cc(NC(=O)c3ccc(-n4cccn4)cc3)ccc21. The van der Waals surface area contributed by atoms with Crippen molar-refractivity contribution in [2.24, 2.45) is 0 Å². The summed E-state index contributed by atoms with van der Waals surface area (Å²) in [6.07, 6.45) is 5.72. The Kier molecular flexibility index (Phi) is 5.95. The molecule has 0 spiro atoms. The van der Waals surface area contributed by atoms with Gasteiger partial charge >= 0.3 is 0 Å². The zero-order valence-electron chi connectivity index (χ0n) is 17.5. The van der Waals surface area contributed by atoms with Crippen molar-refractivity contribution in [1.29, 1.82) is 0 Å². The van der Waals surface area contributed by atoms with E-state index >= 15 is 0 Å². The van der Waals surface area contributed by atoms with Crippen molar-refractivity contribution in [1.82, 2.24) is 19.2 Å². The standard InChI is InChI=1S/C24H27N5O/c1-3-27(4-2)16-17-28-15-12-20-18-21(8-11-23(20)28)26-24(30)19-6-9-22(10-7-19)29-14-5-13-25-29/h5-15,18H,3-4,16-17H2,1-2H3,(H,26,30). The summed E-state index contributed by atoms with van der Waals surface area (Å²) in [5.74, 6) is -0.123. The van der Waals surface area contributed by atoms with E-state index in [9.17, 15) is 4.79 Å². The van der Waals surface area contributed by atoms with E-state index in [0.717, 1.165) is 42.9 Å². The summed E-state index contributed by atoms with van der Waals surface area (Å²) in [6, 6.07) is 17.4. The van der Waals surface area contributed by atoms with Gasteiger partial charge in [0, 0.05) is 53.8 Å². The first-order valence-electron chi connectivity index (χ1n) is 10.4. The molecule has 0 saturated heterocycles. The van der Waals surface area contributed by atoms with E-state index in [-0.39, 0.29) is 5.91 Å². The number of benzene rings is 2. The highest BCUT2D eigenvalue weighted by atomic mass is 16.1. The maximum absolute atomic E-state index is 12.7. The molecule has 6 heteroatoms. The summed E-state index contributed by atoms with van der Waals surface area (Å²) in [4.78, 5) is 15.1. The van der Waals surface area contributed by atoms with E-state index in [0.29, 0.717) is 5.56 Å². The number of nitrogens with zero attached hydrogens (tertiary/aromatic N) is 4. The van der Waals surface area contributed by atoms with Gasteiger partial charge in [0.15, 0.2) is 0 Å². The molecule has 0 atom stereocenters. The molecule has 30 heavy (non-hydrogen) atoms. The van der Waals surface area contributed by atoms with Crippen molar-refractivity contribution in [2.75, 3.05) is 25.0 Å². The van der Waals surface area contributed by atoms with Gasteiger partial charge in [0.05, 0.1) is 5.69 Å². The predicted octanol–water partition coefficient (Wildman–Crippen LogP) is 4.42. The van der Waals surface area contributed by atoms with E-state index in [2.05, 4.69) is 52.1 Å². The third-order valence-electron chi connectivity index (χ3n) is 5.48. The average molecular weight is 402 g/mol. The number of likely N-dealkylation sites (N-methyl/N-ethyl adjacent to an activating group) is 1. The van der Waals surface area contributed by atoms with E-state index in [1.807, 2.05) is 48.7 Å². The molecule has 2 heterocycles. The lowest BCUT2D eigenvalue weighted by Crippen LogP contribution is -2.26. The van der Waals surface area contributed by atoms with Crippen LogP contribution in [0, 0.1) is 0 Å². The first-order chi connectivity index (χ1) is 14.7. The molecule has 154 valence electrons. The third-order valence-corrected chi connectivity index (χ3v) is 5.48. The number of fused-ring (bicyclic) bond motifs is 1. The normalized spacial score (nSPS) is 11.3. The van der Waals surface area contributed by atoms with Crippen LogP contribution in [0.15, 0.2) is 73.2 Å². The largest absolute Gasteiger partial charge is 0.346 e. The fraction of sp³-hybridized carbons (Fsp3) is 0.250. The van der Waals surface area contributed by atoms with Crippen molar-refractivity contribution < 1.29 is 4.79 Å². The quantitative estimate of drug-likeness (QED) is 0.475. The minimum Gasteiger partial charge on any atom is -0.346 e. The van der Waals surface area contributed by atoms with Crippen LogP contribution in [0.1, 0.15) is 24.2 Å². The van der Waals surface area contributed by atoms with Crippen molar-refractivity contribution in [3.63, 3.8) is 0 Å². The number of anilines is 1. The number of hydrogen-bond acceptors (Lipinski definition) is 3. The van der Waals surface area contributed by atoms with Gasteiger partial charge in [-0.3, -0.25) is 4.79 Å². The molecule has 0 unspecified atom stereocenters. The number of nitrogens with one attached hydrogen (secondary N) is 1. The molecular weight excluding hydrogens is 374 g/mol. The van der Waals surface area contributed by atoms with Crippen molar-refractivity contribution in [3.8, 4) is 5.69 Å². The summed E-state index contributed by atoms with van der Waals surface area (Å²) in [6.45, 7) is 8.50. The Balaban J connectivity index is 1.44. The second-order valence-corrected chi connectivity index (χ2v) is 7.26. The van der Waals surface area contributed by atoms with Gasteiger partial charge in [0.1, 0.15) is 0 Å². The van der Waals surface area contributed by atoms with Gasteiger partial charge in [-0.1, -0.05) is 13.8 Å². The van der Waals surface area contributed by atoms with Crippen LogP contribution in [0.3, 0.4) is 0 Å². The molecule has 1 amide bonds. The molecule has 1 N–H and O–H groups in total. The molecule has 4 rings (SSSR count). The smallest absolute Gasteiger partial charge is 0.255 e. The fourth-order valence-electron chi connectivity index (χ4n) is 3.65. The lowest BCUT2D eigenvalue weighted by atomic mass is 10.1. The Bertz CT molecular complexity index is 1110. The van der Waals surface area contributed by atoms with Crippen LogP contribution in [0.4, 0.5) is 5.69 Å². The minimum atomic E-state index is -0.123. The lowest BCUT2D eigenvalue weighted by molar-refractivity contribution is 0.102. The number of amides is 1. The highest BCUT2D eigenvalue weighted by Gasteiger charge is 2.09. The summed E-state index contributed by atoms with van der Waals surface area (Å²) < 4.78 is 4.04. The van der Waals surface area contributed by atoms with Crippen molar-refractivity contribution >= 4 is 22.5 Å². The second-order valence-electron chi connectivity index (χ2n) is 7.26. The maximum atomic E-state index is 12.7. The number of hydrogen-bond donors (Lipinski definition) is 1. The van der Waals surface area contributed by atoms with Gasteiger partial charge in [-0.2, -0.15) is 5.10 Å². The minimum absolute atomic E-state index is 0.123. The molecule has 4 aromatic rings. The van der Waals surface area contributed by atoms with E-state index < -0.39 is 0 Å². The number of carbonyl (C=O) groups is 1. The Morgan fingerprint density at radius 1 is 1.03 bits per heavy atom. The van der Waals surface area contributed by atoms with Gasteiger partial charge < -0.3 is 14.8 Å². The molecule has 0 aliphatic carbocycles. The molecule has 6 nitrogen and oxygen atoms in total. The monoisotopic (exact) mass is 401 g/mol. The summed E-state index contributed by atoms with van der Waals surface area (Å²) in [7, 11) is 0. The predicted molar refractivity (Wildman–Crippen MR) is 121 cm³/mol. The molecular formula is C24H27N5O. The van der Waals surface area contributed by atoms with Crippen LogP contribution in [0.25, 0.3) is 16.6 Å². The highest BCUT2D eigenvalue weighted by Crippen LogP contribution is 2.21. The van der Waals surface area contributed by atoms with Crippen LogP contribution in [-0.2, 0) is 6.54 Å². The number of aromatic nitrogens is 3. The number of carbonyl (C=O) groups excluding carboxylic acids is 1. The van der Waals surface area contributed by atoms with Gasteiger partial charge in [-0.15, -0.1) is 0 Å². The van der Waals surface area contributed by atoms with Crippen LogP contribution in [0.5, 0.6) is 0 Å². The average Bonchev–Trinajstić information content (AvgIpc) is 3.45. The van der Waals surface area contributed by atoms with E-state index in [4.69, 9.17) is 0 Å². The molecule has 0 aliphatic rings. The van der Waals surface area contributed by atoms with E-state index in [1.165, 1.54) is 5.52 Å². The molecule has 0 fully saturated rings. The molecule has 0 aliphatic heterocycles. The third kappa shape index (κ3) is 4.28. The van der Waals surface area contributed by atoms with Gasteiger partial charge in [-0.25, -0.2) is 4.68 Å². The molecule has 0 saturated carbocycles. The van der Waals surface area contributed by atoms with Crippen LogP contribution < -0.4 is 5.32 Å². The summed E-state index contributed by atoms with van der Waals surface area (Å²) >= 11 is 0. The first-order valence-corrected chi connectivity index (χ1v) is 10.4. The first kappa shape index (κ1) is 19.9. The molecule has 0 bridgehead atoms. The van der Waals surface area contributed by atoms with Gasteiger partial charge in [-0.05, 0) is 67.7 Å². The Morgan fingerprint density at radius 2 is 1.83 bits per heavy atom. The van der Waals surface area contributed by atoms with E-state index in [1.54, 1.807) is 10.9 Å². The Labute approximate surface area is 176 Å². The summed E-state index contributed by atoms with van der Waals surface area (Å²) in [5, 5.41) is 8.33. The zero-order valence-corrected chi connectivity index (χ0v) is 17.5. The Morgan fingerprint density at radius 3 is 2.53 bits per heavy atom. The molecule has 2 aromatic heterocycles. The van der Waals surface area contributed by atoms with Gasteiger partial charge in [0.25, 0.3) is 5.91 Å².